The van der Waals surface area contributed by atoms with Gasteiger partial charge >= 0.3 is 0 Å². The Bertz CT molecular complexity index is 650. The minimum atomic E-state index is -0.0488. The van der Waals surface area contributed by atoms with E-state index in [1.165, 1.54) is 29.9 Å². The minimum absolute atomic E-state index is 0.0488. The fraction of sp³-hybridized carbons (Fsp3) is 0.357. The second-order valence-electron chi connectivity index (χ2n) is 4.83. The molecule has 1 amide bonds. The van der Waals surface area contributed by atoms with Crippen LogP contribution < -0.4 is 11.1 Å². The van der Waals surface area contributed by atoms with Gasteiger partial charge in [0.1, 0.15) is 4.88 Å². The molecule has 106 valence electrons. The number of halogens is 1. The Hall–Kier alpha value is -0.720. The van der Waals surface area contributed by atoms with E-state index in [0.29, 0.717) is 15.8 Å². The molecule has 6 heteroatoms. The van der Waals surface area contributed by atoms with E-state index in [1.807, 2.05) is 30.0 Å². The van der Waals surface area contributed by atoms with Crippen LogP contribution in [-0.2, 0) is 0 Å². The van der Waals surface area contributed by atoms with Crippen LogP contribution in [0.25, 0.3) is 10.1 Å². The Labute approximate surface area is 134 Å². The monoisotopic (exact) mass is 370 g/mol. The molecule has 3 nitrogen and oxygen atoms in total. The first-order valence-corrected chi connectivity index (χ1v) is 9.18. The molecular formula is C14H15BrN2OS2. The summed E-state index contributed by atoms with van der Waals surface area (Å²) in [6.45, 7) is 0.737. The summed E-state index contributed by atoms with van der Waals surface area (Å²) in [5.41, 5.74) is 6.70. The Morgan fingerprint density at radius 3 is 3.10 bits per heavy atom. The van der Waals surface area contributed by atoms with Crippen molar-refractivity contribution in [2.75, 3.05) is 18.0 Å². The summed E-state index contributed by atoms with van der Waals surface area (Å²) in [7, 11) is 0. The predicted molar refractivity (Wildman–Crippen MR) is 91.8 cm³/mol. The van der Waals surface area contributed by atoms with Crippen LogP contribution in [0.4, 0.5) is 5.69 Å². The zero-order valence-corrected chi connectivity index (χ0v) is 14.0. The third-order valence-corrected chi connectivity index (χ3v) is 6.49. The van der Waals surface area contributed by atoms with Gasteiger partial charge < -0.3 is 11.1 Å². The van der Waals surface area contributed by atoms with E-state index in [4.69, 9.17) is 5.73 Å². The number of amides is 1. The van der Waals surface area contributed by atoms with Crippen molar-refractivity contribution in [2.45, 2.75) is 18.1 Å². The molecule has 0 aliphatic carbocycles. The standard InChI is InChI=1S/C14H15BrN2OS2/c15-8-3-4-11-10(6-8)12(16)13(20-11)14(18)17-7-9-2-1-5-19-9/h3-4,6,9H,1-2,5,7,16H2,(H,17,18). The lowest BCUT2D eigenvalue weighted by molar-refractivity contribution is 0.0958. The average Bonchev–Trinajstić information content (AvgIpc) is 3.05. The van der Waals surface area contributed by atoms with Gasteiger partial charge in [0.05, 0.1) is 5.69 Å². The van der Waals surface area contributed by atoms with Gasteiger partial charge in [-0.3, -0.25) is 4.79 Å². The number of fused-ring (bicyclic) bond motifs is 1. The van der Waals surface area contributed by atoms with Gasteiger partial charge in [-0.25, -0.2) is 0 Å². The van der Waals surface area contributed by atoms with Crippen molar-refractivity contribution in [1.29, 1.82) is 0 Å². The van der Waals surface area contributed by atoms with Crippen LogP contribution in [0.2, 0.25) is 0 Å². The zero-order chi connectivity index (χ0) is 14.1. The Balaban J connectivity index is 1.78. The second kappa shape index (κ2) is 5.95. The summed E-state index contributed by atoms with van der Waals surface area (Å²) in [6.07, 6.45) is 2.45. The quantitative estimate of drug-likeness (QED) is 0.861. The topological polar surface area (TPSA) is 55.1 Å². The van der Waals surface area contributed by atoms with Gasteiger partial charge in [-0.1, -0.05) is 15.9 Å². The number of carbonyl (C=O) groups excluding carboxylic acids is 1. The molecule has 1 fully saturated rings. The first kappa shape index (κ1) is 14.2. The number of thiophene rings is 1. The van der Waals surface area contributed by atoms with E-state index in [-0.39, 0.29) is 5.91 Å². The first-order valence-electron chi connectivity index (χ1n) is 6.52. The molecule has 1 atom stereocenters. The summed E-state index contributed by atoms with van der Waals surface area (Å²) in [6, 6.07) is 5.92. The number of hydrogen-bond donors (Lipinski definition) is 2. The largest absolute Gasteiger partial charge is 0.397 e. The van der Waals surface area contributed by atoms with E-state index in [0.717, 1.165) is 21.1 Å². The lowest BCUT2D eigenvalue weighted by Crippen LogP contribution is -2.29. The Morgan fingerprint density at radius 2 is 2.35 bits per heavy atom. The van der Waals surface area contributed by atoms with Crippen LogP contribution in [0.5, 0.6) is 0 Å². The summed E-state index contributed by atoms with van der Waals surface area (Å²) in [4.78, 5) is 12.9. The van der Waals surface area contributed by atoms with Crippen molar-refractivity contribution in [3.63, 3.8) is 0 Å². The molecule has 0 radical (unpaired) electrons. The van der Waals surface area contributed by atoms with Gasteiger partial charge in [-0.05, 0) is 36.8 Å². The van der Waals surface area contributed by atoms with E-state index in [9.17, 15) is 4.79 Å². The molecule has 0 spiro atoms. The van der Waals surface area contributed by atoms with Gasteiger partial charge in [-0.15, -0.1) is 11.3 Å². The minimum Gasteiger partial charge on any atom is -0.397 e. The molecule has 2 aromatic rings. The van der Waals surface area contributed by atoms with Crippen LogP contribution in [0, 0.1) is 0 Å². The fourth-order valence-corrected chi connectivity index (χ4v) is 4.93. The molecule has 2 heterocycles. The molecule has 1 aromatic heterocycles. The van der Waals surface area contributed by atoms with E-state index in [2.05, 4.69) is 21.2 Å². The lowest BCUT2D eigenvalue weighted by atomic mass is 10.2. The summed E-state index contributed by atoms with van der Waals surface area (Å²) in [5, 5.41) is 4.52. The van der Waals surface area contributed by atoms with Gasteiger partial charge in [0.2, 0.25) is 0 Å². The molecule has 1 aromatic carbocycles. The SMILES string of the molecule is Nc1c(C(=O)NCC2CCCS2)sc2ccc(Br)cc12. The maximum Gasteiger partial charge on any atom is 0.263 e. The van der Waals surface area contributed by atoms with Crippen LogP contribution >= 0.6 is 39.0 Å². The normalized spacial score (nSPS) is 18.6. The maximum absolute atomic E-state index is 12.3. The first-order chi connectivity index (χ1) is 9.65. The highest BCUT2D eigenvalue weighted by molar-refractivity contribution is 9.10. The number of nitrogen functional groups attached to an aromatic ring is 1. The second-order valence-corrected chi connectivity index (χ2v) is 8.21. The number of nitrogens with two attached hydrogens (primary N) is 1. The molecule has 3 N–H and O–H groups in total. The Kier molecular flexibility index (Phi) is 4.23. The number of rotatable bonds is 3. The highest BCUT2D eigenvalue weighted by Gasteiger charge is 2.20. The number of carbonyl (C=O) groups is 1. The van der Waals surface area contributed by atoms with E-state index in [1.54, 1.807) is 0 Å². The van der Waals surface area contributed by atoms with Crippen molar-refractivity contribution < 1.29 is 4.79 Å². The number of hydrogen-bond acceptors (Lipinski definition) is 4. The van der Waals surface area contributed by atoms with Crippen molar-refractivity contribution in [2.24, 2.45) is 0 Å². The van der Waals surface area contributed by atoms with Crippen molar-refractivity contribution in [3.8, 4) is 0 Å². The van der Waals surface area contributed by atoms with Crippen molar-refractivity contribution in [1.82, 2.24) is 5.32 Å². The van der Waals surface area contributed by atoms with Gasteiger partial charge in [-0.2, -0.15) is 11.8 Å². The highest BCUT2D eigenvalue weighted by Crippen LogP contribution is 2.35. The fourth-order valence-electron chi connectivity index (χ4n) is 2.35. The summed E-state index contributed by atoms with van der Waals surface area (Å²) < 4.78 is 2.02. The van der Waals surface area contributed by atoms with Crippen LogP contribution in [0.1, 0.15) is 22.5 Å². The summed E-state index contributed by atoms with van der Waals surface area (Å²) >= 11 is 6.83. The third-order valence-electron chi connectivity index (χ3n) is 3.41. The number of benzene rings is 1. The van der Waals surface area contributed by atoms with Crippen molar-refractivity contribution in [3.05, 3.63) is 27.5 Å². The molecule has 20 heavy (non-hydrogen) atoms. The molecular weight excluding hydrogens is 356 g/mol. The zero-order valence-electron chi connectivity index (χ0n) is 10.8. The molecule has 1 unspecified atom stereocenters. The average molecular weight is 371 g/mol. The molecule has 3 rings (SSSR count). The van der Waals surface area contributed by atoms with Crippen molar-refractivity contribution >= 4 is 60.7 Å². The van der Waals surface area contributed by atoms with Crippen LogP contribution in [0.15, 0.2) is 22.7 Å². The molecule has 1 saturated heterocycles. The van der Waals surface area contributed by atoms with E-state index < -0.39 is 0 Å². The van der Waals surface area contributed by atoms with Crippen LogP contribution in [0.3, 0.4) is 0 Å². The maximum atomic E-state index is 12.3. The van der Waals surface area contributed by atoms with Crippen LogP contribution in [-0.4, -0.2) is 23.5 Å². The lowest BCUT2D eigenvalue weighted by Gasteiger charge is -2.09. The van der Waals surface area contributed by atoms with E-state index >= 15 is 0 Å². The van der Waals surface area contributed by atoms with Gasteiger partial charge in [0.25, 0.3) is 5.91 Å². The Morgan fingerprint density at radius 1 is 1.50 bits per heavy atom. The molecule has 0 saturated carbocycles. The molecule has 0 bridgehead atoms. The molecule has 1 aliphatic heterocycles. The number of anilines is 1. The predicted octanol–water partition coefficient (Wildman–Crippen LogP) is 3.87. The van der Waals surface area contributed by atoms with Gasteiger partial charge in [0, 0.05) is 26.4 Å². The summed E-state index contributed by atoms with van der Waals surface area (Å²) in [5.74, 6) is 1.16. The van der Waals surface area contributed by atoms with Gasteiger partial charge in [0.15, 0.2) is 0 Å². The molecule has 1 aliphatic rings. The number of thioether (sulfide) groups is 1. The third kappa shape index (κ3) is 2.82. The smallest absolute Gasteiger partial charge is 0.263 e. The number of nitrogens with one attached hydrogen (secondary N) is 1. The highest BCUT2D eigenvalue weighted by atomic mass is 79.9.